The molecule has 0 atom stereocenters. The van der Waals surface area contributed by atoms with Crippen molar-refractivity contribution in [2.24, 2.45) is 0 Å². The molecule has 2 nitrogen and oxygen atoms in total. The maximum absolute atomic E-state index is 9.87. The molecule has 0 spiro atoms. The first-order valence-electron chi connectivity index (χ1n) is 6.00. The van der Waals surface area contributed by atoms with Crippen molar-refractivity contribution >= 4 is 21.6 Å². The highest BCUT2D eigenvalue weighted by atomic mass is 79.9. The van der Waals surface area contributed by atoms with Gasteiger partial charge in [0, 0.05) is 17.8 Å². The third kappa shape index (κ3) is 3.05. The highest BCUT2D eigenvalue weighted by Gasteiger charge is 2.04. The topological polar surface area (TPSA) is 32.3 Å². The van der Waals surface area contributed by atoms with Gasteiger partial charge in [-0.2, -0.15) is 0 Å². The fraction of sp³-hybridized carbons (Fsp3) is 0.200. The predicted molar refractivity (Wildman–Crippen MR) is 79.0 cm³/mol. The SMILES string of the molecule is CCc1ccc(NCc2cccc(Br)c2O)cc1. The Morgan fingerprint density at radius 2 is 1.83 bits per heavy atom. The molecule has 0 aliphatic rings. The van der Waals surface area contributed by atoms with Crippen molar-refractivity contribution in [3.63, 3.8) is 0 Å². The van der Waals surface area contributed by atoms with Crippen LogP contribution in [0.3, 0.4) is 0 Å². The summed E-state index contributed by atoms with van der Waals surface area (Å²) in [5, 5.41) is 13.2. The summed E-state index contributed by atoms with van der Waals surface area (Å²) in [6.07, 6.45) is 1.05. The zero-order chi connectivity index (χ0) is 13.0. The van der Waals surface area contributed by atoms with Gasteiger partial charge in [-0.3, -0.25) is 0 Å². The van der Waals surface area contributed by atoms with Crippen LogP contribution in [0.1, 0.15) is 18.1 Å². The average Bonchev–Trinajstić information content (AvgIpc) is 2.41. The van der Waals surface area contributed by atoms with Gasteiger partial charge in [-0.1, -0.05) is 31.2 Å². The van der Waals surface area contributed by atoms with E-state index in [0.717, 1.165) is 22.1 Å². The van der Waals surface area contributed by atoms with Crippen LogP contribution in [0.5, 0.6) is 5.75 Å². The van der Waals surface area contributed by atoms with Crippen LogP contribution in [-0.4, -0.2) is 5.11 Å². The number of phenols is 1. The van der Waals surface area contributed by atoms with Gasteiger partial charge in [0.25, 0.3) is 0 Å². The van der Waals surface area contributed by atoms with E-state index < -0.39 is 0 Å². The van der Waals surface area contributed by atoms with Crippen LogP contribution in [-0.2, 0) is 13.0 Å². The number of halogens is 1. The zero-order valence-electron chi connectivity index (χ0n) is 10.3. The molecule has 94 valence electrons. The van der Waals surface area contributed by atoms with Gasteiger partial charge in [-0.25, -0.2) is 0 Å². The highest BCUT2D eigenvalue weighted by molar-refractivity contribution is 9.10. The molecule has 0 aliphatic heterocycles. The van der Waals surface area contributed by atoms with Crippen LogP contribution >= 0.6 is 15.9 Å². The highest BCUT2D eigenvalue weighted by Crippen LogP contribution is 2.27. The number of phenolic OH excluding ortho intramolecular Hbond substituents is 1. The Hall–Kier alpha value is -1.48. The van der Waals surface area contributed by atoms with E-state index in [9.17, 15) is 5.11 Å². The standard InChI is InChI=1S/C15H16BrNO/c1-2-11-6-8-13(9-7-11)17-10-12-4-3-5-14(16)15(12)18/h3-9,17-18H,2,10H2,1H3. The number of nitrogens with one attached hydrogen (secondary N) is 1. The molecule has 0 radical (unpaired) electrons. The monoisotopic (exact) mass is 305 g/mol. The van der Waals surface area contributed by atoms with Gasteiger partial charge in [-0.15, -0.1) is 0 Å². The van der Waals surface area contributed by atoms with E-state index in [2.05, 4.69) is 52.4 Å². The molecule has 0 heterocycles. The van der Waals surface area contributed by atoms with Crippen LogP contribution in [0.25, 0.3) is 0 Å². The van der Waals surface area contributed by atoms with Crippen molar-refractivity contribution in [2.45, 2.75) is 19.9 Å². The molecule has 18 heavy (non-hydrogen) atoms. The lowest BCUT2D eigenvalue weighted by atomic mass is 10.1. The molecule has 0 saturated heterocycles. The number of para-hydroxylation sites is 1. The first-order valence-corrected chi connectivity index (χ1v) is 6.79. The second kappa shape index (κ2) is 5.91. The molecule has 0 bridgehead atoms. The van der Waals surface area contributed by atoms with Crippen molar-refractivity contribution in [1.29, 1.82) is 0 Å². The first-order chi connectivity index (χ1) is 8.70. The second-order valence-corrected chi connectivity index (χ2v) is 5.01. The van der Waals surface area contributed by atoms with Crippen LogP contribution in [0, 0.1) is 0 Å². The summed E-state index contributed by atoms with van der Waals surface area (Å²) in [5.74, 6) is 0.301. The number of benzene rings is 2. The van der Waals surface area contributed by atoms with Crippen molar-refractivity contribution < 1.29 is 5.11 Å². The number of anilines is 1. The van der Waals surface area contributed by atoms with Crippen molar-refractivity contribution in [3.05, 3.63) is 58.1 Å². The molecule has 3 heteroatoms. The van der Waals surface area contributed by atoms with Gasteiger partial charge in [0.2, 0.25) is 0 Å². The van der Waals surface area contributed by atoms with Gasteiger partial charge in [0.15, 0.2) is 0 Å². The quantitative estimate of drug-likeness (QED) is 0.881. The Balaban J connectivity index is 2.04. The summed E-state index contributed by atoms with van der Waals surface area (Å²) in [4.78, 5) is 0. The maximum atomic E-state index is 9.87. The minimum atomic E-state index is 0.301. The van der Waals surface area contributed by atoms with E-state index in [0.29, 0.717) is 12.3 Å². The number of hydrogen-bond acceptors (Lipinski definition) is 2. The lowest BCUT2D eigenvalue weighted by Crippen LogP contribution is -1.99. The molecule has 2 aromatic rings. The van der Waals surface area contributed by atoms with Crippen LogP contribution in [0.15, 0.2) is 46.9 Å². The van der Waals surface area contributed by atoms with Gasteiger partial charge < -0.3 is 10.4 Å². The summed E-state index contributed by atoms with van der Waals surface area (Å²) in [6.45, 7) is 2.75. The average molecular weight is 306 g/mol. The zero-order valence-corrected chi connectivity index (χ0v) is 11.9. The van der Waals surface area contributed by atoms with Crippen LogP contribution < -0.4 is 5.32 Å². The maximum Gasteiger partial charge on any atom is 0.134 e. The molecule has 0 aromatic heterocycles. The van der Waals surface area contributed by atoms with E-state index in [-0.39, 0.29) is 0 Å². The summed E-state index contributed by atoms with van der Waals surface area (Å²) in [7, 11) is 0. The molecule has 0 unspecified atom stereocenters. The first kappa shape index (κ1) is 13.0. The lowest BCUT2D eigenvalue weighted by molar-refractivity contribution is 0.465. The molecule has 2 N–H and O–H groups in total. The summed E-state index contributed by atoms with van der Waals surface area (Å²) in [5.41, 5.74) is 3.27. The van der Waals surface area contributed by atoms with Gasteiger partial charge in [0.1, 0.15) is 5.75 Å². The minimum Gasteiger partial charge on any atom is -0.506 e. The second-order valence-electron chi connectivity index (χ2n) is 4.15. The molecule has 0 aliphatic carbocycles. The third-order valence-corrected chi connectivity index (χ3v) is 3.56. The van der Waals surface area contributed by atoms with Crippen molar-refractivity contribution in [2.75, 3.05) is 5.32 Å². The third-order valence-electron chi connectivity index (χ3n) is 2.92. The van der Waals surface area contributed by atoms with Gasteiger partial charge >= 0.3 is 0 Å². The Bertz CT molecular complexity index is 523. The summed E-state index contributed by atoms with van der Waals surface area (Å²) < 4.78 is 0.725. The smallest absolute Gasteiger partial charge is 0.134 e. The van der Waals surface area contributed by atoms with Crippen molar-refractivity contribution in [1.82, 2.24) is 0 Å². The van der Waals surface area contributed by atoms with E-state index in [4.69, 9.17) is 0 Å². The van der Waals surface area contributed by atoms with Crippen LogP contribution in [0.2, 0.25) is 0 Å². The number of aryl methyl sites for hydroxylation is 1. The fourth-order valence-electron chi connectivity index (χ4n) is 1.76. The molecule has 0 fully saturated rings. The van der Waals surface area contributed by atoms with E-state index in [1.54, 1.807) is 0 Å². The lowest BCUT2D eigenvalue weighted by Gasteiger charge is -2.09. The van der Waals surface area contributed by atoms with Crippen LogP contribution in [0.4, 0.5) is 5.69 Å². The normalized spacial score (nSPS) is 10.3. The Morgan fingerprint density at radius 1 is 1.11 bits per heavy atom. The Kier molecular flexibility index (Phi) is 4.26. The molecular weight excluding hydrogens is 290 g/mol. The summed E-state index contributed by atoms with van der Waals surface area (Å²) in [6, 6.07) is 14.0. The Morgan fingerprint density at radius 3 is 2.50 bits per heavy atom. The van der Waals surface area contributed by atoms with Gasteiger partial charge in [0.05, 0.1) is 4.47 Å². The molecule has 2 aromatic carbocycles. The van der Waals surface area contributed by atoms with Gasteiger partial charge in [-0.05, 0) is 46.1 Å². The molecular formula is C15H16BrNO. The van der Waals surface area contributed by atoms with E-state index in [1.807, 2.05) is 18.2 Å². The van der Waals surface area contributed by atoms with Crippen molar-refractivity contribution in [3.8, 4) is 5.75 Å². The molecule has 2 rings (SSSR count). The largest absolute Gasteiger partial charge is 0.506 e. The number of rotatable bonds is 4. The minimum absolute atomic E-state index is 0.301. The predicted octanol–water partition coefficient (Wildman–Crippen LogP) is 4.33. The van der Waals surface area contributed by atoms with E-state index in [1.165, 1.54) is 5.56 Å². The molecule has 0 amide bonds. The number of hydrogen-bond donors (Lipinski definition) is 2. The number of aromatic hydroxyl groups is 1. The Labute approximate surface area is 116 Å². The summed E-state index contributed by atoms with van der Waals surface area (Å²) >= 11 is 3.31. The fourth-order valence-corrected chi connectivity index (χ4v) is 2.17. The van der Waals surface area contributed by atoms with E-state index >= 15 is 0 Å². The molecule has 0 saturated carbocycles.